The molecule has 0 bridgehead atoms. The van der Waals surface area contributed by atoms with E-state index in [0.717, 1.165) is 32.1 Å². The Morgan fingerprint density at radius 2 is 1.84 bits per heavy atom. The van der Waals surface area contributed by atoms with Gasteiger partial charge >= 0.3 is 0 Å². The molecule has 0 aromatic heterocycles. The fraction of sp³-hybridized carbons (Fsp3) is 0.943. The number of aliphatic hydroxyl groups excluding tert-OH is 1. The quantitative estimate of drug-likeness (QED) is 0.121. The largest absolute Gasteiger partial charge is 0.393 e. The average Bonchev–Trinajstić information content (AvgIpc) is 3.15. The third-order valence-corrected chi connectivity index (χ3v) is 14.5. The van der Waals surface area contributed by atoms with Crippen LogP contribution in [0.3, 0.4) is 0 Å². The van der Waals surface area contributed by atoms with Crippen LogP contribution in [-0.2, 0) is 9.47 Å². The van der Waals surface area contributed by atoms with Gasteiger partial charge < -0.3 is 19.7 Å². The molecule has 1 aliphatic heterocycles. The predicted octanol–water partition coefficient (Wildman–Crippen LogP) is 7.30. The maximum atomic E-state index is 11.1. The van der Waals surface area contributed by atoms with Crippen molar-refractivity contribution in [3.63, 3.8) is 0 Å². The topological polar surface area (TPSA) is 102 Å². The molecule has 8 heteroatoms. The Hall–Kier alpha value is -0.590. The van der Waals surface area contributed by atoms with Crippen molar-refractivity contribution in [2.45, 2.75) is 161 Å². The molecule has 1 saturated heterocycles. The van der Waals surface area contributed by atoms with Gasteiger partial charge in [-0.2, -0.15) is 0 Å². The molecule has 4 unspecified atom stereocenters. The van der Waals surface area contributed by atoms with Crippen LogP contribution in [0, 0.1) is 49.5 Å². The van der Waals surface area contributed by atoms with Gasteiger partial charge in [0.05, 0.1) is 17.8 Å². The van der Waals surface area contributed by atoms with Gasteiger partial charge in [0.25, 0.3) is 0 Å². The molecule has 4 fully saturated rings. The summed E-state index contributed by atoms with van der Waals surface area (Å²) in [7, 11) is 3.23. The number of hydrogen-bond acceptors (Lipinski definition) is 6. The predicted molar refractivity (Wildman–Crippen MR) is 173 cm³/mol. The summed E-state index contributed by atoms with van der Waals surface area (Å²) in [5.41, 5.74) is 2.31. The molecule has 0 spiro atoms. The molecule has 0 aromatic rings. The SMILES string of the molecule is CC(C)(O)CCC[C@@H](P)C1CC[C@@]2(C)C3CC=C4C(CC[C@H](O[C@H]5C[C@@H](O)C[C@@H](C[N+](=O)[O-])O5)C4(C)C)[C@]3(C)CC[C@]12C. The maximum Gasteiger partial charge on any atom is 0.229 e. The van der Waals surface area contributed by atoms with Crippen molar-refractivity contribution in [2.24, 2.45) is 39.4 Å². The Bertz CT molecular complexity index is 1070. The Labute approximate surface area is 262 Å². The van der Waals surface area contributed by atoms with Crippen molar-refractivity contribution in [1.82, 2.24) is 0 Å². The van der Waals surface area contributed by atoms with E-state index in [2.05, 4.69) is 49.9 Å². The highest BCUT2D eigenvalue weighted by molar-refractivity contribution is 7.17. The van der Waals surface area contributed by atoms with Crippen molar-refractivity contribution < 1.29 is 24.6 Å². The van der Waals surface area contributed by atoms with Gasteiger partial charge in [-0.3, -0.25) is 10.1 Å². The van der Waals surface area contributed by atoms with Crippen LogP contribution in [-0.4, -0.2) is 57.5 Å². The zero-order valence-corrected chi connectivity index (χ0v) is 29.1. The van der Waals surface area contributed by atoms with Crippen LogP contribution in [0.25, 0.3) is 0 Å². The minimum Gasteiger partial charge on any atom is -0.393 e. The Balaban J connectivity index is 1.31. The molecule has 0 amide bonds. The Kier molecular flexibility index (Phi) is 9.34. The molecule has 4 aliphatic carbocycles. The summed E-state index contributed by atoms with van der Waals surface area (Å²) in [5, 5.41) is 31.8. The van der Waals surface area contributed by atoms with Gasteiger partial charge in [0.1, 0.15) is 6.10 Å². The van der Waals surface area contributed by atoms with E-state index in [4.69, 9.17) is 9.47 Å². The normalized spacial score (nSPS) is 45.0. The van der Waals surface area contributed by atoms with Gasteiger partial charge in [-0.1, -0.05) is 46.3 Å². The second-order valence-electron chi connectivity index (χ2n) is 17.1. The summed E-state index contributed by atoms with van der Waals surface area (Å²) in [6, 6.07) is 0. The van der Waals surface area contributed by atoms with Crippen LogP contribution in [0.1, 0.15) is 126 Å². The summed E-state index contributed by atoms with van der Waals surface area (Å²) in [6.07, 6.45) is 12.8. The lowest BCUT2D eigenvalue weighted by Crippen LogP contribution is -2.59. The second-order valence-corrected chi connectivity index (χ2v) is 18.0. The van der Waals surface area contributed by atoms with Gasteiger partial charge in [-0.25, -0.2) is 0 Å². The molecular weight excluding hydrogens is 561 g/mol. The maximum absolute atomic E-state index is 11.1. The highest BCUT2D eigenvalue weighted by atomic mass is 31.0. The molecule has 1 heterocycles. The molecule has 0 radical (unpaired) electrons. The van der Waals surface area contributed by atoms with E-state index < -0.39 is 24.1 Å². The molecular formula is C35H60NO6P. The lowest BCUT2D eigenvalue weighted by molar-refractivity contribution is -0.497. The second kappa shape index (κ2) is 11.9. The number of fused-ring (bicyclic) bond motifs is 5. The van der Waals surface area contributed by atoms with Crippen LogP contribution in [0.15, 0.2) is 11.6 Å². The Morgan fingerprint density at radius 1 is 1.12 bits per heavy atom. The molecule has 3 saturated carbocycles. The first kappa shape index (κ1) is 33.8. The molecule has 7 nitrogen and oxygen atoms in total. The summed E-state index contributed by atoms with van der Waals surface area (Å²) in [5.74, 6) is 1.92. The zero-order chi connectivity index (χ0) is 31.6. The minimum atomic E-state index is -0.633. The lowest BCUT2D eigenvalue weighted by Gasteiger charge is -2.66. The molecule has 5 aliphatic rings. The van der Waals surface area contributed by atoms with E-state index in [1.54, 1.807) is 0 Å². The first-order valence-electron chi connectivity index (χ1n) is 17.2. The number of aliphatic hydroxyl groups is 2. The summed E-state index contributed by atoms with van der Waals surface area (Å²) < 4.78 is 12.6. The van der Waals surface area contributed by atoms with Gasteiger partial charge in [0.2, 0.25) is 6.54 Å². The van der Waals surface area contributed by atoms with E-state index in [1.165, 1.54) is 37.7 Å². The molecule has 2 N–H and O–H groups in total. The number of ether oxygens (including phenoxy) is 2. The smallest absolute Gasteiger partial charge is 0.229 e. The molecule has 43 heavy (non-hydrogen) atoms. The van der Waals surface area contributed by atoms with Crippen LogP contribution < -0.4 is 0 Å². The number of nitro groups is 1. The number of allylic oxidation sites excluding steroid dienone is 1. The summed E-state index contributed by atoms with van der Waals surface area (Å²) in [4.78, 5) is 10.7. The standard InChI is InChI=1S/C35H60NO6P/c1-31(2,38)15-8-9-27(43)26-14-16-35(7)28-12-10-24-25(33(28,5)17-18-34(26,35)6)11-13-29(32(24,3)4)42-30-20-22(37)19-23(41-30)21-36(39)40/h10,22-23,25-30,37-38H,8-9,11-21,43H2,1-7H3/t22-,23-,25?,26?,27+,28?,29-,30-,33-,34+,35-/m0/s1. The van der Waals surface area contributed by atoms with Gasteiger partial charge in [-0.05, 0) is 118 Å². The first-order chi connectivity index (χ1) is 19.9. The highest BCUT2D eigenvalue weighted by Crippen LogP contribution is 2.75. The van der Waals surface area contributed by atoms with Gasteiger partial charge in [0.15, 0.2) is 6.29 Å². The van der Waals surface area contributed by atoms with E-state index in [9.17, 15) is 20.3 Å². The average molecular weight is 622 g/mol. The van der Waals surface area contributed by atoms with Crippen molar-refractivity contribution in [1.29, 1.82) is 0 Å². The monoisotopic (exact) mass is 621 g/mol. The summed E-state index contributed by atoms with van der Waals surface area (Å²) in [6.45, 7) is 16.1. The van der Waals surface area contributed by atoms with Crippen molar-refractivity contribution in [3.05, 3.63) is 21.8 Å². The minimum absolute atomic E-state index is 0.0382. The number of hydrogen-bond donors (Lipinski definition) is 2. The van der Waals surface area contributed by atoms with E-state index in [1.807, 2.05) is 13.8 Å². The third-order valence-electron chi connectivity index (χ3n) is 13.7. The van der Waals surface area contributed by atoms with E-state index in [-0.39, 0.29) is 28.4 Å². The van der Waals surface area contributed by atoms with E-state index >= 15 is 0 Å². The van der Waals surface area contributed by atoms with Crippen LogP contribution in [0.5, 0.6) is 0 Å². The van der Waals surface area contributed by atoms with Crippen molar-refractivity contribution in [2.75, 3.05) is 6.54 Å². The van der Waals surface area contributed by atoms with Gasteiger partial charge in [0, 0.05) is 23.2 Å². The van der Waals surface area contributed by atoms with Crippen LogP contribution in [0.4, 0.5) is 0 Å². The fourth-order valence-corrected chi connectivity index (χ4v) is 12.0. The molecule has 246 valence electrons. The summed E-state index contributed by atoms with van der Waals surface area (Å²) >= 11 is 0. The molecule has 0 aromatic carbocycles. The van der Waals surface area contributed by atoms with Crippen molar-refractivity contribution >= 4 is 9.24 Å². The van der Waals surface area contributed by atoms with Crippen molar-refractivity contribution in [3.8, 4) is 0 Å². The van der Waals surface area contributed by atoms with Crippen LogP contribution >= 0.6 is 9.24 Å². The highest BCUT2D eigenvalue weighted by Gasteiger charge is 2.67. The molecule has 12 atom stereocenters. The van der Waals surface area contributed by atoms with E-state index in [0.29, 0.717) is 47.1 Å². The number of rotatable bonds is 9. The first-order valence-corrected chi connectivity index (χ1v) is 17.9. The Morgan fingerprint density at radius 3 is 2.51 bits per heavy atom. The molecule has 5 rings (SSSR count). The lowest BCUT2D eigenvalue weighted by atomic mass is 9.39. The van der Waals surface area contributed by atoms with Crippen LogP contribution in [0.2, 0.25) is 0 Å². The zero-order valence-electron chi connectivity index (χ0n) is 27.9. The van der Waals surface area contributed by atoms with Gasteiger partial charge in [-0.15, -0.1) is 9.24 Å². The fourth-order valence-electron chi connectivity index (χ4n) is 11.1. The third kappa shape index (κ3) is 6.13. The number of nitrogens with zero attached hydrogens (tertiary/aromatic N) is 1.